The fraction of sp³-hybridized carbons (Fsp3) is 0.500. The molecule has 1 N–H and O–H groups in total. The van der Waals surface area contributed by atoms with Crippen molar-refractivity contribution in [1.29, 1.82) is 0 Å². The van der Waals surface area contributed by atoms with E-state index in [9.17, 15) is 0 Å². The van der Waals surface area contributed by atoms with Gasteiger partial charge in [-0.1, -0.05) is 13.3 Å². The standard InChI is InChI=1S/C22H27N9/c1-4-15-5-7-22(8-6-15)12-24-21-29(3)17-10-23-20(28-19(17)31(21)22)27-16-11-30-18(9-14(16)2)25-13-26-30/h9-11,13,15H,4-8,12H2,1-3H3,(H,23,27,28). The molecule has 2 aliphatic heterocycles. The first kappa shape index (κ1) is 18.5. The second-order valence-electron chi connectivity index (χ2n) is 9.05. The van der Waals surface area contributed by atoms with Crippen LogP contribution in [-0.4, -0.2) is 49.7 Å². The van der Waals surface area contributed by atoms with Crippen molar-refractivity contribution in [2.45, 2.75) is 51.5 Å². The molecule has 1 aliphatic carbocycles. The first-order valence-corrected chi connectivity index (χ1v) is 11.1. The Balaban J connectivity index is 1.35. The Labute approximate surface area is 181 Å². The van der Waals surface area contributed by atoms with Crippen LogP contribution < -0.4 is 15.1 Å². The van der Waals surface area contributed by atoms with E-state index < -0.39 is 0 Å². The second-order valence-corrected chi connectivity index (χ2v) is 9.05. The number of fused-ring (bicyclic) bond motifs is 5. The van der Waals surface area contributed by atoms with E-state index in [1.54, 1.807) is 10.8 Å². The third kappa shape index (κ3) is 2.72. The first-order valence-electron chi connectivity index (χ1n) is 11.1. The van der Waals surface area contributed by atoms with Crippen LogP contribution in [0.2, 0.25) is 0 Å². The summed E-state index contributed by atoms with van der Waals surface area (Å²) in [6, 6.07) is 2.00. The Morgan fingerprint density at radius 1 is 1.23 bits per heavy atom. The summed E-state index contributed by atoms with van der Waals surface area (Å²) in [4.78, 5) is 23.3. The summed E-state index contributed by atoms with van der Waals surface area (Å²) < 4.78 is 1.75. The molecule has 1 fully saturated rings. The molecule has 0 radical (unpaired) electrons. The first-order chi connectivity index (χ1) is 15.1. The van der Waals surface area contributed by atoms with Gasteiger partial charge in [0.25, 0.3) is 0 Å². The molecule has 6 rings (SSSR count). The van der Waals surface area contributed by atoms with E-state index in [4.69, 9.17) is 9.98 Å². The van der Waals surface area contributed by atoms with Crippen LogP contribution in [0.4, 0.5) is 23.1 Å². The number of aliphatic imine (C=N–C) groups is 1. The van der Waals surface area contributed by atoms with Crippen molar-refractivity contribution in [2.75, 3.05) is 28.7 Å². The maximum atomic E-state index is 4.98. The number of guanidine groups is 1. The predicted octanol–water partition coefficient (Wildman–Crippen LogP) is 3.54. The maximum absolute atomic E-state index is 4.98. The van der Waals surface area contributed by atoms with Crippen molar-refractivity contribution < 1.29 is 0 Å². The molecule has 9 nitrogen and oxygen atoms in total. The zero-order valence-corrected chi connectivity index (χ0v) is 18.2. The van der Waals surface area contributed by atoms with Crippen molar-refractivity contribution in [2.24, 2.45) is 10.9 Å². The highest BCUT2D eigenvalue weighted by atomic mass is 15.5. The van der Waals surface area contributed by atoms with Crippen molar-refractivity contribution >= 4 is 34.7 Å². The van der Waals surface area contributed by atoms with Crippen molar-refractivity contribution in [1.82, 2.24) is 24.6 Å². The Morgan fingerprint density at radius 3 is 2.87 bits per heavy atom. The second kappa shape index (κ2) is 6.63. The van der Waals surface area contributed by atoms with Crippen molar-refractivity contribution in [3.63, 3.8) is 0 Å². The van der Waals surface area contributed by atoms with Gasteiger partial charge in [-0.3, -0.25) is 4.90 Å². The third-order valence-corrected chi connectivity index (χ3v) is 7.29. The Bertz CT molecular complexity index is 1190. The summed E-state index contributed by atoms with van der Waals surface area (Å²) in [6.45, 7) is 5.21. The van der Waals surface area contributed by atoms with Gasteiger partial charge in [-0.2, -0.15) is 10.1 Å². The molecule has 31 heavy (non-hydrogen) atoms. The number of pyridine rings is 1. The van der Waals surface area contributed by atoms with Gasteiger partial charge in [-0.05, 0) is 50.2 Å². The number of aryl methyl sites for hydroxylation is 1. The highest BCUT2D eigenvalue weighted by molar-refractivity contribution is 6.17. The summed E-state index contributed by atoms with van der Waals surface area (Å²) in [7, 11) is 2.06. The molecule has 9 heteroatoms. The molecule has 5 heterocycles. The quantitative estimate of drug-likeness (QED) is 0.697. The fourth-order valence-corrected chi connectivity index (χ4v) is 5.30. The fourth-order valence-electron chi connectivity index (χ4n) is 5.30. The highest BCUT2D eigenvalue weighted by Gasteiger charge is 2.51. The van der Waals surface area contributed by atoms with Gasteiger partial charge in [-0.25, -0.2) is 19.5 Å². The Kier molecular flexibility index (Phi) is 3.97. The molecular formula is C22H27N9. The zero-order valence-electron chi connectivity index (χ0n) is 18.2. The van der Waals surface area contributed by atoms with Gasteiger partial charge in [0.1, 0.15) is 12.0 Å². The number of nitrogens with zero attached hydrogens (tertiary/aromatic N) is 8. The van der Waals surface area contributed by atoms with Gasteiger partial charge < -0.3 is 10.2 Å². The minimum absolute atomic E-state index is 0.0572. The van der Waals surface area contributed by atoms with Crippen LogP contribution in [0.3, 0.4) is 0 Å². The largest absolute Gasteiger partial charge is 0.323 e. The Hall–Kier alpha value is -3.23. The molecule has 3 aromatic rings. The molecule has 1 spiro atoms. The molecule has 0 saturated heterocycles. The summed E-state index contributed by atoms with van der Waals surface area (Å²) in [5.74, 6) is 3.40. The van der Waals surface area contributed by atoms with Crippen LogP contribution in [-0.2, 0) is 0 Å². The van der Waals surface area contributed by atoms with Crippen LogP contribution in [0.5, 0.6) is 0 Å². The lowest BCUT2D eigenvalue weighted by Gasteiger charge is -2.42. The summed E-state index contributed by atoms with van der Waals surface area (Å²) in [5.41, 5.74) is 3.88. The number of aromatic nitrogens is 5. The number of hydrogen-bond acceptors (Lipinski definition) is 8. The van der Waals surface area contributed by atoms with Crippen molar-refractivity contribution in [3.05, 3.63) is 30.4 Å². The number of hydrogen-bond donors (Lipinski definition) is 1. The molecule has 1 saturated carbocycles. The Morgan fingerprint density at radius 2 is 2.06 bits per heavy atom. The van der Waals surface area contributed by atoms with Gasteiger partial charge in [-0.15, -0.1) is 0 Å². The smallest absolute Gasteiger partial charge is 0.229 e. The van der Waals surface area contributed by atoms with Crippen LogP contribution in [0.15, 0.2) is 29.8 Å². The van der Waals surface area contributed by atoms with E-state index in [-0.39, 0.29) is 5.54 Å². The maximum Gasteiger partial charge on any atom is 0.229 e. The minimum atomic E-state index is 0.0572. The topological polar surface area (TPSA) is 86.8 Å². The van der Waals surface area contributed by atoms with Crippen LogP contribution in [0.25, 0.3) is 5.65 Å². The SMILES string of the molecule is CCC1CCC2(CC1)CN=C1N(C)c3cnc(Nc4cn5ncnc5cc4C)nc3N12. The van der Waals surface area contributed by atoms with Gasteiger partial charge >= 0.3 is 0 Å². The highest BCUT2D eigenvalue weighted by Crippen LogP contribution is 2.48. The molecule has 0 bridgehead atoms. The normalized spacial score (nSPS) is 24.6. The number of anilines is 4. The lowest BCUT2D eigenvalue weighted by atomic mass is 9.75. The summed E-state index contributed by atoms with van der Waals surface area (Å²) in [5, 5.41) is 7.63. The van der Waals surface area contributed by atoms with E-state index >= 15 is 0 Å². The minimum Gasteiger partial charge on any atom is -0.323 e. The van der Waals surface area contributed by atoms with Gasteiger partial charge in [0.05, 0.1) is 30.2 Å². The van der Waals surface area contributed by atoms with Crippen LogP contribution >= 0.6 is 0 Å². The average molecular weight is 418 g/mol. The lowest BCUT2D eigenvalue weighted by Crippen LogP contribution is -2.52. The molecule has 0 aromatic carbocycles. The lowest BCUT2D eigenvalue weighted by molar-refractivity contribution is 0.244. The predicted molar refractivity (Wildman–Crippen MR) is 121 cm³/mol. The molecule has 3 aliphatic rings. The molecule has 160 valence electrons. The molecule has 3 aromatic heterocycles. The van der Waals surface area contributed by atoms with Gasteiger partial charge in [0.2, 0.25) is 11.9 Å². The van der Waals surface area contributed by atoms with E-state index in [0.717, 1.165) is 46.8 Å². The van der Waals surface area contributed by atoms with Crippen LogP contribution in [0.1, 0.15) is 44.6 Å². The van der Waals surface area contributed by atoms with Crippen molar-refractivity contribution in [3.8, 4) is 0 Å². The van der Waals surface area contributed by atoms with E-state index in [1.807, 2.05) is 25.4 Å². The number of nitrogens with one attached hydrogen (secondary N) is 1. The summed E-state index contributed by atoms with van der Waals surface area (Å²) in [6.07, 6.45) is 11.5. The monoisotopic (exact) mass is 417 g/mol. The third-order valence-electron chi connectivity index (χ3n) is 7.29. The molecule has 0 atom stereocenters. The molecule has 0 amide bonds. The van der Waals surface area contributed by atoms with Gasteiger partial charge in [0.15, 0.2) is 11.5 Å². The van der Waals surface area contributed by atoms with E-state index in [1.165, 1.54) is 32.1 Å². The van der Waals surface area contributed by atoms with E-state index in [2.05, 4.69) is 44.2 Å². The van der Waals surface area contributed by atoms with E-state index in [0.29, 0.717) is 5.95 Å². The number of rotatable bonds is 3. The van der Waals surface area contributed by atoms with Gasteiger partial charge in [0, 0.05) is 7.05 Å². The summed E-state index contributed by atoms with van der Waals surface area (Å²) >= 11 is 0. The zero-order chi connectivity index (χ0) is 21.2. The van der Waals surface area contributed by atoms with Crippen LogP contribution in [0, 0.1) is 12.8 Å². The molecule has 0 unspecified atom stereocenters. The molecular weight excluding hydrogens is 390 g/mol. The average Bonchev–Trinajstić information content (AvgIpc) is 3.45.